The van der Waals surface area contributed by atoms with Gasteiger partial charge in [0, 0.05) is 12.8 Å². The van der Waals surface area contributed by atoms with Crippen LogP contribution in [0.5, 0.6) is 5.75 Å². The van der Waals surface area contributed by atoms with Crippen molar-refractivity contribution in [2.24, 2.45) is 0 Å². The van der Waals surface area contributed by atoms with Crippen LogP contribution in [0.4, 0.5) is 0 Å². The zero-order valence-electron chi connectivity index (χ0n) is 12.5. The molecule has 1 aliphatic rings. The number of methoxy groups -OCH3 is 1. The van der Waals surface area contributed by atoms with Crippen LogP contribution in [-0.2, 0) is 11.2 Å². The molecule has 106 valence electrons. The molecule has 3 heteroatoms. The van der Waals surface area contributed by atoms with Crippen molar-refractivity contribution >= 4 is 0 Å². The van der Waals surface area contributed by atoms with Gasteiger partial charge in [0.2, 0.25) is 0 Å². The minimum atomic E-state index is -0.884. The van der Waals surface area contributed by atoms with E-state index in [9.17, 15) is 5.11 Å². The number of rotatable bonds is 3. The Balaban J connectivity index is 2.31. The Labute approximate surface area is 115 Å². The molecule has 3 nitrogen and oxygen atoms in total. The van der Waals surface area contributed by atoms with Crippen LogP contribution in [0.25, 0.3) is 0 Å². The second-order valence-electron chi connectivity index (χ2n) is 6.57. The zero-order chi connectivity index (χ0) is 14.3. The number of benzene rings is 1. The molecule has 1 unspecified atom stereocenters. The van der Waals surface area contributed by atoms with E-state index in [2.05, 4.69) is 0 Å². The van der Waals surface area contributed by atoms with Gasteiger partial charge >= 0.3 is 0 Å². The fraction of sp³-hybridized carbons (Fsp3) is 0.625. The van der Waals surface area contributed by atoms with Gasteiger partial charge in [-0.05, 0) is 39.3 Å². The lowest BCUT2D eigenvalue weighted by atomic mass is 9.78. The third kappa shape index (κ3) is 2.63. The smallest absolute Gasteiger partial charge is 0.122 e. The van der Waals surface area contributed by atoms with Gasteiger partial charge in [0.1, 0.15) is 5.75 Å². The minimum Gasteiger partial charge on any atom is -0.496 e. The summed E-state index contributed by atoms with van der Waals surface area (Å²) in [5.74, 6) is 0.816. The predicted molar refractivity (Wildman–Crippen MR) is 75.5 cm³/mol. The van der Waals surface area contributed by atoms with Gasteiger partial charge < -0.3 is 14.6 Å². The molecule has 0 aliphatic carbocycles. The quantitative estimate of drug-likeness (QED) is 0.912. The number of ether oxygens (including phenoxy) is 2. The van der Waals surface area contributed by atoms with E-state index in [1.807, 2.05) is 52.0 Å². The fourth-order valence-electron chi connectivity index (χ4n) is 3.18. The van der Waals surface area contributed by atoms with Crippen LogP contribution in [-0.4, -0.2) is 29.0 Å². The SMILES string of the molecule is COc1ccccc1CC1(O)CC(C)(C)OC1(C)C. The molecule has 1 aromatic rings. The summed E-state index contributed by atoms with van der Waals surface area (Å²) in [5, 5.41) is 11.0. The molecule has 1 atom stereocenters. The fourth-order valence-corrected chi connectivity index (χ4v) is 3.18. The van der Waals surface area contributed by atoms with Crippen LogP contribution < -0.4 is 4.74 Å². The molecule has 1 saturated heterocycles. The molecule has 1 aromatic carbocycles. The molecule has 1 aliphatic heterocycles. The maximum atomic E-state index is 11.0. The number of hydrogen-bond donors (Lipinski definition) is 1. The van der Waals surface area contributed by atoms with E-state index in [4.69, 9.17) is 9.47 Å². The first-order valence-electron chi connectivity index (χ1n) is 6.74. The van der Waals surface area contributed by atoms with Crippen molar-refractivity contribution in [1.82, 2.24) is 0 Å². The van der Waals surface area contributed by atoms with Crippen LogP contribution >= 0.6 is 0 Å². The van der Waals surface area contributed by atoms with Gasteiger partial charge in [-0.25, -0.2) is 0 Å². The zero-order valence-corrected chi connectivity index (χ0v) is 12.5. The van der Waals surface area contributed by atoms with E-state index in [0.29, 0.717) is 12.8 Å². The first kappa shape index (κ1) is 14.4. The number of aliphatic hydroxyl groups is 1. The Morgan fingerprint density at radius 2 is 1.84 bits per heavy atom. The Kier molecular flexibility index (Phi) is 3.40. The normalized spacial score (nSPS) is 28.3. The van der Waals surface area contributed by atoms with E-state index >= 15 is 0 Å². The molecule has 0 amide bonds. The topological polar surface area (TPSA) is 38.7 Å². The first-order chi connectivity index (χ1) is 8.69. The Morgan fingerprint density at radius 3 is 2.37 bits per heavy atom. The number of para-hydroxylation sites is 1. The van der Waals surface area contributed by atoms with Gasteiger partial charge in [-0.15, -0.1) is 0 Å². The highest BCUT2D eigenvalue weighted by atomic mass is 16.5. The summed E-state index contributed by atoms with van der Waals surface area (Å²) in [6, 6.07) is 7.83. The summed E-state index contributed by atoms with van der Waals surface area (Å²) < 4.78 is 11.4. The van der Waals surface area contributed by atoms with Crippen LogP contribution in [0.2, 0.25) is 0 Å². The standard InChI is InChI=1S/C16H24O3/c1-14(2)11-16(17,15(3,4)19-14)10-12-8-6-7-9-13(12)18-5/h6-9,17H,10-11H2,1-5H3. The monoisotopic (exact) mass is 264 g/mol. The van der Waals surface area contributed by atoms with E-state index < -0.39 is 11.2 Å². The molecule has 19 heavy (non-hydrogen) atoms. The highest BCUT2D eigenvalue weighted by molar-refractivity contribution is 5.35. The van der Waals surface area contributed by atoms with Gasteiger partial charge in [-0.3, -0.25) is 0 Å². The van der Waals surface area contributed by atoms with Crippen molar-refractivity contribution in [2.45, 2.75) is 57.3 Å². The Hall–Kier alpha value is -1.06. The van der Waals surface area contributed by atoms with Crippen molar-refractivity contribution in [3.63, 3.8) is 0 Å². The van der Waals surface area contributed by atoms with E-state index in [1.54, 1.807) is 7.11 Å². The van der Waals surface area contributed by atoms with Gasteiger partial charge in [0.25, 0.3) is 0 Å². The number of hydrogen-bond acceptors (Lipinski definition) is 3. The van der Waals surface area contributed by atoms with Gasteiger partial charge in [0.05, 0.1) is 23.9 Å². The van der Waals surface area contributed by atoms with Crippen LogP contribution in [0.3, 0.4) is 0 Å². The third-order valence-electron chi connectivity index (χ3n) is 4.05. The molecule has 2 rings (SSSR count). The lowest BCUT2D eigenvalue weighted by Gasteiger charge is -2.35. The lowest BCUT2D eigenvalue weighted by molar-refractivity contribution is -0.125. The molecule has 1 heterocycles. The third-order valence-corrected chi connectivity index (χ3v) is 4.05. The average Bonchev–Trinajstić information content (AvgIpc) is 2.43. The average molecular weight is 264 g/mol. The van der Waals surface area contributed by atoms with Crippen LogP contribution in [0.15, 0.2) is 24.3 Å². The van der Waals surface area contributed by atoms with E-state index in [-0.39, 0.29) is 5.60 Å². The van der Waals surface area contributed by atoms with Crippen molar-refractivity contribution < 1.29 is 14.6 Å². The summed E-state index contributed by atoms with van der Waals surface area (Å²) in [6.45, 7) is 7.96. The summed E-state index contributed by atoms with van der Waals surface area (Å²) in [4.78, 5) is 0. The van der Waals surface area contributed by atoms with E-state index in [0.717, 1.165) is 11.3 Å². The largest absolute Gasteiger partial charge is 0.496 e. The Morgan fingerprint density at radius 1 is 1.21 bits per heavy atom. The molecule has 0 spiro atoms. The van der Waals surface area contributed by atoms with Crippen LogP contribution in [0.1, 0.15) is 39.7 Å². The summed E-state index contributed by atoms with van der Waals surface area (Å²) in [5.41, 5.74) is -0.746. The molecule has 0 saturated carbocycles. The first-order valence-corrected chi connectivity index (χ1v) is 6.74. The van der Waals surface area contributed by atoms with Crippen molar-refractivity contribution in [3.8, 4) is 5.75 Å². The van der Waals surface area contributed by atoms with E-state index in [1.165, 1.54) is 0 Å². The van der Waals surface area contributed by atoms with Crippen molar-refractivity contribution in [3.05, 3.63) is 29.8 Å². The highest BCUT2D eigenvalue weighted by Gasteiger charge is 2.56. The van der Waals surface area contributed by atoms with Gasteiger partial charge in [0.15, 0.2) is 0 Å². The second-order valence-corrected chi connectivity index (χ2v) is 6.57. The lowest BCUT2D eigenvalue weighted by Crippen LogP contribution is -2.48. The van der Waals surface area contributed by atoms with Gasteiger partial charge in [-0.1, -0.05) is 18.2 Å². The van der Waals surface area contributed by atoms with Crippen molar-refractivity contribution in [1.29, 1.82) is 0 Å². The molecular weight excluding hydrogens is 240 g/mol. The molecule has 0 bridgehead atoms. The van der Waals surface area contributed by atoms with Crippen molar-refractivity contribution in [2.75, 3.05) is 7.11 Å². The molecule has 0 radical (unpaired) electrons. The summed E-state index contributed by atoms with van der Waals surface area (Å²) in [7, 11) is 1.66. The molecule has 1 fully saturated rings. The maximum absolute atomic E-state index is 11.0. The summed E-state index contributed by atoms with van der Waals surface area (Å²) in [6.07, 6.45) is 1.15. The minimum absolute atomic E-state index is 0.305. The Bertz CT molecular complexity index is 465. The molecule has 0 aromatic heterocycles. The van der Waals surface area contributed by atoms with Crippen LogP contribution in [0, 0.1) is 0 Å². The predicted octanol–water partition coefficient (Wildman–Crippen LogP) is 2.95. The second kappa shape index (κ2) is 4.50. The highest BCUT2D eigenvalue weighted by Crippen LogP contribution is 2.47. The van der Waals surface area contributed by atoms with Gasteiger partial charge in [-0.2, -0.15) is 0 Å². The summed E-state index contributed by atoms with van der Waals surface area (Å²) >= 11 is 0. The maximum Gasteiger partial charge on any atom is 0.122 e. The molecular formula is C16H24O3. The molecule has 1 N–H and O–H groups in total.